The summed E-state index contributed by atoms with van der Waals surface area (Å²) in [6.45, 7) is 5.38. The Hall–Kier alpha value is -2.08. The lowest BCUT2D eigenvalue weighted by atomic mass is 9.52. The van der Waals surface area contributed by atoms with Crippen LogP contribution in [0.4, 0.5) is 26.7 Å². The minimum Gasteiger partial charge on any atom is -0.410 e. The molecule has 5 rings (SSSR count). The maximum Gasteiger partial charge on any atom is 0.453 e. The Kier molecular flexibility index (Phi) is 9.81. The fraction of sp³-hybridized carbons (Fsp3) is 0.750. The van der Waals surface area contributed by atoms with Crippen LogP contribution in [-0.2, 0) is 26.8 Å². The molecule has 1 amide bonds. The molecule has 1 aromatic carbocycles. The Morgan fingerprint density at radius 1 is 1.16 bits per heavy atom. The molecule has 7 atom stereocenters. The number of alkyl halides is 5. The summed E-state index contributed by atoms with van der Waals surface area (Å²) in [6, 6.07) is 5.84. The van der Waals surface area contributed by atoms with Crippen LogP contribution < -0.4 is 4.74 Å². The number of ketones is 1. The summed E-state index contributed by atoms with van der Waals surface area (Å²) in [5, 5.41) is 0. The molecule has 1 heterocycles. The second-order valence-corrected chi connectivity index (χ2v) is 15.0. The summed E-state index contributed by atoms with van der Waals surface area (Å²) >= 11 is 0. The third kappa shape index (κ3) is 6.86. The van der Waals surface area contributed by atoms with E-state index in [1.165, 1.54) is 5.56 Å². The highest BCUT2D eigenvalue weighted by Gasteiger charge is 2.57. The van der Waals surface area contributed by atoms with E-state index in [0.29, 0.717) is 56.9 Å². The van der Waals surface area contributed by atoms with E-state index < -0.39 is 41.8 Å². The summed E-state index contributed by atoms with van der Waals surface area (Å²) in [6.07, 6.45) is -2.83. The Balaban J connectivity index is 1.27. The number of carbonyl (C=O) groups is 2. The predicted octanol–water partition coefficient (Wildman–Crippen LogP) is 7.06. The number of benzene rings is 1. The molecule has 0 bridgehead atoms. The van der Waals surface area contributed by atoms with Gasteiger partial charge in [-0.15, -0.1) is 0 Å². The normalized spacial score (nSPS) is 31.2. The van der Waals surface area contributed by atoms with Gasteiger partial charge in [0.25, 0.3) is 0 Å². The maximum absolute atomic E-state index is 13.2. The lowest BCUT2D eigenvalue weighted by molar-refractivity contribution is -0.284. The van der Waals surface area contributed by atoms with Crippen molar-refractivity contribution in [2.45, 2.75) is 95.8 Å². The minimum absolute atomic E-state index is 0.0628. The van der Waals surface area contributed by atoms with Crippen molar-refractivity contribution < 1.29 is 45.2 Å². The number of hydrogen-bond acceptors (Lipinski definition) is 5. The molecule has 2 saturated carbocycles. The van der Waals surface area contributed by atoms with Crippen LogP contribution in [0.2, 0.25) is 0 Å². The summed E-state index contributed by atoms with van der Waals surface area (Å²) in [5.74, 6) is -3.03. The van der Waals surface area contributed by atoms with Crippen LogP contribution in [0.15, 0.2) is 18.2 Å². The predicted molar refractivity (Wildman–Crippen MR) is 155 cm³/mol. The number of carbonyl (C=O) groups excluding carboxylic acids is 2. The zero-order valence-corrected chi connectivity index (χ0v) is 26.1. The SMILES string of the molecule is CC1CN(C(=O)Oc2ccc3c(c2)C[C@@H](CCCS(=O)CCCC(F)(F)C(F)(F)F)[C@@H]2[C@@H]3CC[C@]3(C)C(=O)CC[C@@H]23)CCO1. The fourth-order valence-corrected chi connectivity index (χ4v) is 9.40. The van der Waals surface area contributed by atoms with Gasteiger partial charge in [-0.3, -0.25) is 9.00 Å². The molecular formula is C32H42F5NO5S. The van der Waals surface area contributed by atoms with Gasteiger partial charge in [-0.2, -0.15) is 22.0 Å². The quantitative estimate of drug-likeness (QED) is 0.269. The number of amides is 1. The second-order valence-electron chi connectivity index (χ2n) is 13.3. The van der Waals surface area contributed by atoms with Gasteiger partial charge < -0.3 is 14.4 Å². The first kappa shape index (κ1) is 33.3. The number of fused-ring (bicyclic) bond motifs is 5. The Bertz CT molecular complexity index is 1260. The maximum atomic E-state index is 13.2. The van der Waals surface area contributed by atoms with Gasteiger partial charge in [0.2, 0.25) is 0 Å². The number of ether oxygens (including phenoxy) is 2. The zero-order chi connectivity index (χ0) is 31.9. The number of morpholine rings is 1. The first-order valence-electron chi connectivity index (χ1n) is 15.7. The summed E-state index contributed by atoms with van der Waals surface area (Å²) in [7, 11) is -1.50. The van der Waals surface area contributed by atoms with E-state index in [-0.39, 0.29) is 46.7 Å². The minimum atomic E-state index is -5.60. The summed E-state index contributed by atoms with van der Waals surface area (Å²) < 4.78 is 87.7. The molecule has 1 aromatic rings. The number of Topliss-reactive ketones (excluding diaryl/α,β-unsaturated/α-hetero) is 1. The van der Waals surface area contributed by atoms with E-state index >= 15 is 0 Å². The van der Waals surface area contributed by atoms with E-state index in [9.17, 15) is 35.8 Å². The highest BCUT2D eigenvalue weighted by molar-refractivity contribution is 7.84. The number of hydrogen-bond donors (Lipinski definition) is 0. The van der Waals surface area contributed by atoms with Crippen molar-refractivity contribution in [3.8, 4) is 5.75 Å². The van der Waals surface area contributed by atoms with Crippen LogP contribution in [0.3, 0.4) is 0 Å². The Labute approximate surface area is 257 Å². The van der Waals surface area contributed by atoms with Crippen molar-refractivity contribution in [2.24, 2.45) is 23.2 Å². The van der Waals surface area contributed by atoms with Crippen LogP contribution in [0, 0.1) is 23.2 Å². The smallest absolute Gasteiger partial charge is 0.410 e. The molecule has 2 unspecified atom stereocenters. The lowest BCUT2D eigenvalue weighted by Gasteiger charge is -2.51. The third-order valence-corrected chi connectivity index (χ3v) is 12.0. The van der Waals surface area contributed by atoms with Crippen molar-refractivity contribution in [2.75, 3.05) is 31.2 Å². The van der Waals surface area contributed by atoms with Crippen LogP contribution in [0.25, 0.3) is 0 Å². The monoisotopic (exact) mass is 647 g/mol. The van der Waals surface area contributed by atoms with Crippen molar-refractivity contribution in [3.63, 3.8) is 0 Å². The molecule has 1 aliphatic heterocycles. The number of nitrogens with zero attached hydrogens (tertiary/aromatic N) is 1. The lowest BCUT2D eigenvalue weighted by Crippen LogP contribution is -2.46. The molecular weight excluding hydrogens is 605 g/mol. The van der Waals surface area contributed by atoms with Crippen molar-refractivity contribution >= 4 is 22.7 Å². The fourth-order valence-electron chi connectivity index (χ4n) is 8.24. The van der Waals surface area contributed by atoms with E-state index in [1.54, 1.807) is 4.90 Å². The van der Waals surface area contributed by atoms with Crippen molar-refractivity contribution in [1.29, 1.82) is 0 Å². The molecule has 0 aromatic heterocycles. The second kappa shape index (κ2) is 13.0. The third-order valence-electron chi connectivity index (χ3n) is 10.5. The zero-order valence-electron chi connectivity index (χ0n) is 25.3. The van der Waals surface area contributed by atoms with E-state index in [1.807, 2.05) is 19.1 Å². The molecule has 3 fully saturated rings. The summed E-state index contributed by atoms with van der Waals surface area (Å²) in [5.41, 5.74) is 1.97. The van der Waals surface area contributed by atoms with E-state index in [2.05, 4.69) is 13.0 Å². The highest BCUT2D eigenvalue weighted by Crippen LogP contribution is 2.61. The number of halogens is 5. The van der Waals surface area contributed by atoms with Crippen LogP contribution in [-0.4, -0.2) is 70.4 Å². The topological polar surface area (TPSA) is 72.9 Å². The molecule has 0 radical (unpaired) electrons. The molecule has 44 heavy (non-hydrogen) atoms. The van der Waals surface area contributed by atoms with E-state index in [0.717, 1.165) is 24.8 Å². The Morgan fingerprint density at radius 3 is 2.64 bits per heavy atom. The Morgan fingerprint density at radius 2 is 1.91 bits per heavy atom. The van der Waals surface area contributed by atoms with Gasteiger partial charge in [-0.1, -0.05) is 13.0 Å². The molecule has 4 aliphatic rings. The van der Waals surface area contributed by atoms with Crippen molar-refractivity contribution in [1.82, 2.24) is 4.90 Å². The highest BCUT2D eigenvalue weighted by atomic mass is 32.2. The largest absolute Gasteiger partial charge is 0.453 e. The molecule has 1 saturated heterocycles. The number of rotatable bonds is 9. The molecule has 246 valence electrons. The van der Waals surface area contributed by atoms with Gasteiger partial charge in [-0.05, 0) is 98.8 Å². The molecule has 6 nitrogen and oxygen atoms in total. The van der Waals surface area contributed by atoms with Crippen LogP contribution in [0.5, 0.6) is 5.75 Å². The van der Waals surface area contributed by atoms with Gasteiger partial charge in [0.1, 0.15) is 11.5 Å². The summed E-state index contributed by atoms with van der Waals surface area (Å²) in [4.78, 5) is 27.4. The van der Waals surface area contributed by atoms with Gasteiger partial charge in [0.15, 0.2) is 0 Å². The molecule has 3 aliphatic carbocycles. The van der Waals surface area contributed by atoms with Crippen LogP contribution in [0.1, 0.15) is 82.3 Å². The standard InChI is InChI=1S/C32H42F5NO5S/c1-20-19-38(13-14-42-20)29(40)43-23-6-7-24-22(18-23)17-21(28-25(24)10-12-30(2)26(28)8-9-27(30)39)5-3-15-44(41)16-4-11-31(33,34)32(35,36)37/h6-7,18,20-21,25-26,28H,3-5,8-17,19H2,1-2H3/t20?,21-,25-,26+,28-,30+,44?/m1/s1. The van der Waals surface area contributed by atoms with Crippen molar-refractivity contribution in [3.05, 3.63) is 29.3 Å². The first-order chi connectivity index (χ1) is 20.7. The molecule has 0 spiro atoms. The van der Waals surface area contributed by atoms with Gasteiger partial charge >= 0.3 is 18.2 Å². The van der Waals surface area contributed by atoms with E-state index in [4.69, 9.17) is 9.47 Å². The van der Waals surface area contributed by atoms with Crippen LogP contribution >= 0.6 is 0 Å². The van der Waals surface area contributed by atoms with Gasteiger partial charge in [-0.25, -0.2) is 4.79 Å². The molecule has 0 N–H and O–H groups in total. The van der Waals surface area contributed by atoms with Gasteiger partial charge in [0.05, 0.1) is 19.3 Å². The van der Waals surface area contributed by atoms with Gasteiger partial charge in [0, 0.05) is 47.1 Å². The average Bonchev–Trinajstić information content (AvgIpc) is 3.26. The first-order valence-corrected chi connectivity index (χ1v) is 17.2. The average molecular weight is 648 g/mol. The molecule has 12 heteroatoms.